The highest BCUT2D eigenvalue weighted by atomic mass is 35.5. The summed E-state index contributed by atoms with van der Waals surface area (Å²) in [4.78, 5) is 21.9. The van der Waals surface area contributed by atoms with Gasteiger partial charge in [-0.1, -0.05) is 53.7 Å². The van der Waals surface area contributed by atoms with E-state index in [0.29, 0.717) is 5.69 Å². The minimum atomic E-state index is -0.452. The largest absolute Gasteiger partial charge is 0.324 e. The molecule has 2 aromatic heterocycles. The summed E-state index contributed by atoms with van der Waals surface area (Å²) in [5.41, 5.74) is 2.50. The second kappa shape index (κ2) is 8.26. The maximum absolute atomic E-state index is 13.1. The molecule has 0 bridgehead atoms. The smallest absolute Gasteiger partial charge is 0.234 e. The SMILES string of the molecule is O=C(CSc1ncnc2scc(-c3ccccc3)c12)Nc1ccc(F)cc1Cl. The van der Waals surface area contributed by atoms with Gasteiger partial charge in [0.1, 0.15) is 22.0 Å². The molecule has 0 unspecified atom stereocenters. The lowest BCUT2D eigenvalue weighted by molar-refractivity contribution is -0.113. The number of halogens is 2. The zero-order chi connectivity index (χ0) is 19.5. The third-order valence-electron chi connectivity index (χ3n) is 3.97. The van der Waals surface area contributed by atoms with Crippen LogP contribution in [0, 0.1) is 5.82 Å². The molecular weight excluding hydrogens is 417 g/mol. The van der Waals surface area contributed by atoms with Crippen molar-refractivity contribution >= 4 is 56.5 Å². The van der Waals surface area contributed by atoms with Crippen LogP contribution < -0.4 is 5.32 Å². The Balaban J connectivity index is 1.55. The quantitative estimate of drug-likeness (QED) is 0.318. The zero-order valence-corrected chi connectivity index (χ0v) is 16.7. The molecule has 0 atom stereocenters. The minimum absolute atomic E-state index is 0.143. The number of nitrogens with zero attached hydrogens (tertiary/aromatic N) is 2. The number of anilines is 1. The van der Waals surface area contributed by atoms with Gasteiger partial charge >= 0.3 is 0 Å². The van der Waals surface area contributed by atoms with Gasteiger partial charge in [-0.15, -0.1) is 11.3 Å². The van der Waals surface area contributed by atoms with Crippen LogP contribution in [0.1, 0.15) is 0 Å². The van der Waals surface area contributed by atoms with Crippen molar-refractivity contribution in [3.05, 3.63) is 71.1 Å². The van der Waals surface area contributed by atoms with Crippen molar-refractivity contribution in [2.45, 2.75) is 5.03 Å². The van der Waals surface area contributed by atoms with Gasteiger partial charge in [0, 0.05) is 10.9 Å². The molecule has 0 aliphatic heterocycles. The lowest BCUT2D eigenvalue weighted by Gasteiger charge is -2.08. The number of thioether (sulfide) groups is 1. The van der Waals surface area contributed by atoms with Crippen molar-refractivity contribution in [1.82, 2.24) is 9.97 Å². The van der Waals surface area contributed by atoms with Crippen LogP contribution >= 0.6 is 34.7 Å². The number of fused-ring (bicyclic) bond motifs is 1. The first-order valence-corrected chi connectivity index (χ1v) is 10.5. The summed E-state index contributed by atoms with van der Waals surface area (Å²) < 4.78 is 13.1. The van der Waals surface area contributed by atoms with Gasteiger partial charge in [-0.2, -0.15) is 0 Å². The van der Waals surface area contributed by atoms with E-state index in [9.17, 15) is 9.18 Å². The van der Waals surface area contributed by atoms with Gasteiger partial charge in [-0.25, -0.2) is 14.4 Å². The molecule has 1 amide bonds. The van der Waals surface area contributed by atoms with E-state index >= 15 is 0 Å². The number of aromatic nitrogens is 2. The van der Waals surface area contributed by atoms with Crippen LogP contribution in [0.4, 0.5) is 10.1 Å². The summed E-state index contributed by atoms with van der Waals surface area (Å²) in [7, 11) is 0. The van der Waals surface area contributed by atoms with E-state index in [1.807, 2.05) is 30.3 Å². The average molecular weight is 430 g/mol. The molecule has 28 heavy (non-hydrogen) atoms. The minimum Gasteiger partial charge on any atom is -0.324 e. The summed E-state index contributed by atoms with van der Waals surface area (Å²) in [6.07, 6.45) is 1.50. The summed E-state index contributed by atoms with van der Waals surface area (Å²) in [6, 6.07) is 13.9. The molecule has 4 nitrogen and oxygen atoms in total. The molecule has 2 aromatic carbocycles. The molecule has 4 aromatic rings. The number of hydrogen-bond acceptors (Lipinski definition) is 5. The van der Waals surface area contributed by atoms with E-state index in [1.165, 1.54) is 30.2 Å². The molecular formula is C20H13ClFN3OS2. The molecule has 0 saturated heterocycles. The Bertz CT molecular complexity index is 1150. The van der Waals surface area contributed by atoms with Crippen molar-refractivity contribution in [2.75, 3.05) is 11.1 Å². The van der Waals surface area contributed by atoms with Crippen LogP contribution in [0.5, 0.6) is 0 Å². The van der Waals surface area contributed by atoms with E-state index in [2.05, 4.69) is 20.7 Å². The number of nitrogens with one attached hydrogen (secondary N) is 1. The van der Waals surface area contributed by atoms with Gasteiger partial charge < -0.3 is 5.32 Å². The Labute approximate surface area is 173 Å². The second-order valence-electron chi connectivity index (χ2n) is 5.84. The monoisotopic (exact) mass is 429 g/mol. The third kappa shape index (κ3) is 4.01. The second-order valence-corrected chi connectivity index (χ2v) is 8.06. The van der Waals surface area contributed by atoms with E-state index in [4.69, 9.17) is 11.6 Å². The van der Waals surface area contributed by atoms with E-state index in [1.54, 1.807) is 11.3 Å². The predicted molar refractivity (Wildman–Crippen MR) is 114 cm³/mol. The molecule has 0 aliphatic rings. The summed E-state index contributed by atoms with van der Waals surface area (Å²) in [6.45, 7) is 0. The summed E-state index contributed by atoms with van der Waals surface area (Å²) >= 11 is 8.83. The predicted octanol–water partition coefficient (Wildman–Crippen LogP) is 5.88. The molecule has 4 rings (SSSR count). The maximum atomic E-state index is 13.1. The molecule has 0 radical (unpaired) electrons. The van der Waals surface area contributed by atoms with Gasteiger partial charge in [0.05, 0.1) is 21.8 Å². The summed E-state index contributed by atoms with van der Waals surface area (Å²) in [5.74, 6) is -0.558. The fourth-order valence-corrected chi connectivity index (χ4v) is 4.71. The molecule has 0 aliphatic carbocycles. The Morgan fingerprint density at radius 3 is 2.79 bits per heavy atom. The van der Waals surface area contributed by atoms with E-state index in [-0.39, 0.29) is 16.7 Å². The van der Waals surface area contributed by atoms with E-state index in [0.717, 1.165) is 32.4 Å². The number of benzene rings is 2. The Hall–Kier alpha value is -2.48. The number of carbonyl (C=O) groups is 1. The first-order valence-electron chi connectivity index (χ1n) is 8.27. The molecule has 1 N–H and O–H groups in total. The molecule has 0 saturated carbocycles. The van der Waals surface area contributed by atoms with Gasteiger partial charge in [-0.05, 0) is 23.8 Å². The molecule has 0 spiro atoms. The van der Waals surface area contributed by atoms with Crippen molar-refractivity contribution in [2.24, 2.45) is 0 Å². The van der Waals surface area contributed by atoms with Crippen molar-refractivity contribution in [3.8, 4) is 11.1 Å². The third-order valence-corrected chi connectivity index (χ3v) is 6.15. The van der Waals surface area contributed by atoms with Crippen LogP contribution in [0.15, 0.2) is 65.3 Å². The highest BCUT2D eigenvalue weighted by Crippen LogP contribution is 2.37. The normalized spacial score (nSPS) is 10.9. The van der Waals surface area contributed by atoms with Crippen LogP contribution in [0.3, 0.4) is 0 Å². The molecule has 2 heterocycles. The van der Waals surface area contributed by atoms with Gasteiger partial charge in [0.2, 0.25) is 5.91 Å². The van der Waals surface area contributed by atoms with Crippen LogP contribution in [-0.2, 0) is 4.79 Å². The first-order chi connectivity index (χ1) is 13.6. The fourth-order valence-electron chi connectivity index (χ4n) is 2.70. The topological polar surface area (TPSA) is 54.9 Å². The molecule has 0 fully saturated rings. The van der Waals surface area contributed by atoms with Crippen LogP contribution in [-0.4, -0.2) is 21.6 Å². The van der Waals surface area contributed by atoms with Crippen molar-refractivity contribution < 1.29 is 9.18 Å². The Kier molecular flexibility index (Phi) is 5.57. The summed E-state index contributed by atoms with van der Waals surface area (Å²) in [5, 5.41) is 6.59. The van der Waals surface area contributed by atoms with E-state index < -0.39 is 5.82 Å². The van der Waals surface area contributed by atoms with Crippen molar-refractivity contribution in [3.63, 3.8) is 0 Å². The Morgan fingerprint density at radius 1 is 1.18 bits per heavy atom. The molecule has 8 heteroatoms. The highest BCUT2D eigenvalue weighted by molar-refractivity contribution is 8.00. The lowest BCUT2D eigenvalue weighted by atomic mass is 10.1. The van der Waals surface area contributed by atoms with Gasteiger partial charge in [0.25, 0.3) is 0 Å². The average Bonchev–Trinajstić information content (AvgIpc) is 3.14. The highest BCUT2D eigenvalue weighted by Gasteiger charge is 2.15. The lowest BCUT2D eigenvalue weighted by Crippen LogP contribution is -2.14. The van der Waals surface area contributed by atoms with Crippen LogP contribution in [0.2, 0.25) is 5.02 Å². The Morgan fingerprint density at radius 2 is 2.00 bits per heavy atom. The van der Waals surface area contributed by atoms with Crippen molar-refractivity contribution in [1.29, 1.82) is 0 Å². The number of hydrogen-bond donors (Lipinski definition) is 1. The maximum Gasteiger partial charge on any atom is 0.234 e. The first kappa shape index (κ1) is 18.9. The molecule has 140 valence electrons. The fraction of sp³-hybridized carbons (Fsp3) is 0.0500. The number of thiophene rings is 1. The van der Waals surface area contributed by atoms with Crippen LogP contribution in [0.25, 0.3) is 21.3 Å². The number of rotatable bonds is 5. The standard InChI is InChI=1S/C20H13ClFN3OS2/c21-15-8-13(22)6-7-16(15)25-17(26)10-28-20-18-14(12-4-2-1-3-5-12)9-27-19(18)23-11-24-20/h1-9,11H,10H2,(H,25,26). The number of amides is 1. The van der Waals surface area contributed by atoms with Gasteiger partial charge in [0.15, 0.2) is 0 Å². The van der Waals surface area contributed by atoms with Gasteiger partial charge in [-0.3, -0.25) is 4.79 Å². The number of carbonyl (C=O) groups excluding carboxylic acids is 1. The zero-order valence-electron chi connectivity index (χ0n) is 14.4.